The van der Waals surface area contributed by atoms with Gasteiger partial charge in [-0.2, -0.15) is 0 Å². The summed E-state index contributed by atoms with van der Waals surface area (Å²) < 4.78 is 5.59. The molecule has 0 amide bonds. The largest absolute Gasteiger partial charge is 0.384 e. The predicted octanol–water partition coefficient (Wildman–Crippen LogP) is 4.67. The standard InChI is InChI=1S/C14H19Cl2NO/c1-10-8-13(16)14(9-12(10)15)17-6-2-4-11-5-3-7-18-11/h8-9,11,17H,2-7H2,1H3. The lowest BCUT2D eigenvalue weighted by atomic mass is 10.1. The zero-order valence-electron chi connectivity index (χ0n) is 10.6. The lowest BCUT2D eigenvalue weighted by molar-refractivity contribution is 0.103. The number of anilines is 1. The first kappa shape index (κ1) is 14.0. The van der Waals surface area contributed by atoms with E-state index >= 15 is 0 Å². The molecule has 1 aromatic rings. The summed E-state index contributed by atoms with van der Waals surface area (Å²) >= 11 is 12.2. The molecule has 1 aliphatic rings. The van der Waals surface area contributed by atoms with Gasteiger partial charge in [0.25, 0.3) is 0 Å². The average Bonchev–Trinajstić information content (AvgIpc) is 2.84. The first-order chi connectivity index (χ1) is 8.66. The summed E-state index contributed by atoms with van der Waals surface area (Å²) in [5.41, 5.74) is 1.92. The molecule has 0 aliphatic carbocycles. The molecule has 1 fully saturated rings. The lowest BCUT2D eigenvalue weighted by Crippen LogP contribution is -2.09. The topological polar surface area (TPSA) is 21.3 Å². The Labute approximate surface area is 119 Å². The van der Waals surface area contributed by atoms with Crippen LogP contribution < -0.4 is 5.32 Å². The lowest BCUT2D eigenvalue weighted by Gasteiger charge is -2.12. The summed E-state index contributed by atoms with van der Waals surface area (Å²) in [6.07, 6.45) is 5.08. The van der Waals surface area contributed by atoms with Crippen LogP contribution in [0.3, 0.4) is 0 Å². The predicted molar refractivity (Wildman–Crippen MR) is 77.9 cm³/mol. The molecular weight excluding hydrogens is 269 g/mol. The van der Waals surface area contributed by atoms with Gasteiger partial charge in [-0.05, 0) is 50.3 Å². The maximum atomic E-state index is 6.16. The minimum atomic E-state index is 0.462. The molecule has 0 bridgehead atoms. The second-order valence-corrected chi connectivity index (χ2v) is 5.60. The number of hydrogen-bond donors (Lipinski definition) is 1. The molecular formula is C14H19Cl2NO. The van der Waals surface area contributed by atoms with Crippen molar-refractivity contribution in [3.05, 3.63) is 27.7 Å². The number of hydrogen-bond acceptors (Lipinski definition) is 2. The highest BCUT2D eigenvalue weighted by molar-refractivity contribution is 6.35. The number of ether oxygens (including phenoxy) is 1. The van der Waals surface area contributed by atoms with Gasteiger partial charge >= 0.3 is 0 Å². The zero-order chi connectivity index (χ0) is 13.0. The van der Waals surface area contributed by atoms with Gasteiger partial charge in [0.05, 0.1) is 16.8 Å². The van der Waals surface area contributed by atoms with Gasteiger partial charge in [0.2, 0.25) is 0 Å². The van der Waals surface area contributed by atoms with Crippen molar-refractivity contribution in [3.63, 3.8) is 0 Å². The molecule has 0 spiro atoms. The van der Waals surface area contributed by atoms with Crippen molar-refractivity contribution in [2.24, 2.45) is 0 Å². The van der Waals surface area contributed by atoms with Crippen molar-refractivity contribution in [2.75, 3.05) is 18.5 Å². The second-order valence-electron chi connectivity index (χ2n) is 4.79. The molecule has 0 radical (unpaired) electrons. The van der Waals surface area contributed by atoms with Crippen molar-refractivity contribution in [3.8, 4) is 0 Å². The normalized spacial score (nSPS) is 19.2. The molecule has 1 heterocycles. The minimum Gasteiger partial charge on any atom is -0.384 e. The Kier molecular flexibility index (Phi) is 5.16. The van der Waals surface area contributed by atoms with Gasteiger partial charge in [0.1, 0.15) is 0 Å². The van der Waals surface area contributed by atoms with Gasteiger partial charge in [0, 0.05) is 18.2 Å². The van der Waals surface area contributed by atoms with Gasteiger partial charge < -0.3 is 10.1 Å². The van der Waals surface area contributed by atoms with Crippen LogP contribution in [0.25, 0.3) is 0 Å². The number of nitrogens with one attached hydrogen (secondary N) is 1. The molecule has 2 nitrogen and oxygen atoms in total. The van der Waals surface area contributed by atoms with E-state index in [0.29, 0.717) is 6.10 Å². The van der Waals surface area contributed by atoms with Crippen molar-refractivity contribution >= 4 is 28.9 Å². The van der Waals surface area contributed by atoms with Crippen molar-refractivity contribution in [2.45, 2.75) is 38.7 Å². The van der Waals surface area contributed by atoms with E-state index < -0.39 is 0 Å². The van der Waals surface area contributed by atoms with E-state index in [4.69, 9.17) is 27.9 Å². The highest BCUT2D eigenvalue weighted by Crippen LogP contribution is 2.28. The van der Waals surface area contributed by atoms with Crippen LogP contribution in [0.1, 0.15) is 31.2 Å². The van der Waals surface area contributed by atoms with Crippen LogP contribution in [0.15, 0.2) is 12.1 Å². The minimum absolute atomic E-state index is 0.462. The van der Waals surface area contributed by atoms with Crippen LogP contribution in [-0.4, -0.2) is 19.3 Å². The zero-order valence-corrected chi connectivity index (χ0v) is 12.2. The summed E-state index contributed by atoms with van der Waals surface area (Å²) in [6, 6.07) is 3.79. The number of halogens is 2. The summed E-state index contributed by atoms with van der Waals surface area (Å²) in [5.74, 6) is 0. The van der Waals surface area contributed by atoms with Gasteiger partial charge in [-0.1, -0.05) is 23.2 Å². The molecule has 1 aliphatic heterocycles. The van der Waals surface area contributed by atoms with Crippen LogP contribution in [0.5, 0.6) is 0 Å². The van der Waals surface area contributed by atoms with Crippen molar-refractivity contribution in [1.29, 1.82) is 0 Å². The summed E-state index contributed by atoms with van der Waals surface area (Å²) in [6.45, 7) is 3.78. The first-order valence-electron chi connectivity index (χ1n) is 6.48. The Hall–Kier alpha value is -0.440. The fraction of sp³-hybridized carbons (Fsp3) is 0.571. The maximum absolute atomic E-state index is 6.16. The molecule has 1 saturated heterocycles. The highest BCUT2D eigenvalue weighted by atomic mass is 35.5. The van der Waals surface area contributed by atoms with Crippen molar-refractivity contribution in [1.82, 2.24) is 0 Å². The van der Waals surface area contributed by atoms with Crippen LogP contribution in [0, 0.1) is 6.92 Å². The highest BCUT2D eigenvalue weighted by Gasteiger charge is 2.14. The number of rotatable bonds is 5. The van der Waals surface area contributed by atoms with E-state index in [0.717, 1.165) is 47.3 Å². The quantitative estimate of drug-likeness (QED) is 0.795. The maximum Gasteiger partial charge on any atom is 0.0641 e. The molecule has 1 unspecified atom stereocenters. The van der Waals surface area contributed by atoms with Gasteiger partial charge in [0.15, 0.2) is 0 Å². The van der Waals surface area contributed by atoms with E-state index in [-0.39, 0.29) is 0 Å². The van der Waals surface area contributed by atoms with E-state index in [2.05, 4.69) is 5.32 Å². The third-order valence-corrected chi connectivity index (χ3v) is 4.01. The molecule has 4 heteroatoms. The Morgan fingerprint density at radius 3 is 2.89 bits per heavy atom. The Morgan fingerprint density at radius 1 is 1.33 bits per heavy atom. The van der Waals surface area contributed by atoms with E-state index in [1.54, 1.807) is 0 Å². The second kappa shape index (κ2) is 6.65. The third-order valence-electron chi connectivity index (χ3n) is 3.29. The third kappa shape index (κ3) is 3.78. The van der Waals surface area contributed by atoms with Gasteiger partial charge in [-0.3, -0.25) is 0 Å². The number of aryl methyl sites for hydroxylation is 1. The summed E-state index contributed by atoms with van der Waals surface area (Å²) in [5, 5.41) is 4.81. The molecule has 1 aromatic carbocycles. The Morgan fingerprint density at radius 2 is 2.17 bits per heavy atom. The van der Waals surface area contributed by atoms with Crippen LogP contribution in [0.4, 0.5) is 5.69 Å². The van der Waals surface area contributed by atoms with Crippen LogP contribution >= 0.6 is 23.2 Å². The molecule has 1 N–H and O–H groups in total. The first-order valence-corrected chi connectivity index (χ1v) is 7.23. The fourth-order valence-electron chi connectivity index (χ4n) is 2.21. The average molecular weight is 288 g/mol. The van der Waals surface area contributed by atoms with Crippen LogP contribution in [-0.2, 0) is 4.74 Å². The summed E-state index contributed by atoms with van der Waals surface area (Å²) in [7, 11) is 0. The van der Waals surface area contributed by atoms with Gasteiger partial charge in [-0.15, -0.1) is 0 Å². The molecule has 0 saturated carbocycles. The van der Waals surface area contributed by atoms with Crippen LogP contribution in [0.2, 0.25) is 10.0 Å². The van der Waals surface area contributed by atoms with E-state index in [1.165, 1.54) is 12.8 Å². The number of benzene rings is 1. The molecule has 1 atom stereocenters. The monoisotopic (exact) mass is 287 g/mol. The Bertz CT molecular complexity index is 403. The van der Waals surface area contributed by atoms with Gasteiger partial charge in [-0.25, -0.2) is 0 Å². The smallest absolute Gasteiger partial charge is 0.0641 e. The Balaban J connectivity index is 1.77. The molecule has 100 valence electrons. The molecule has 18 heavy (non-hydrogen) atoms. The van der Waals surface area contributed by atoms with Crippen molar-refractivity contribution < 1.29 is 4.74 Å². The SMILES string of the molecule is Cc1cc(Cl)c(NCCCC2CCCO2)cc1Cl. The fourth-order valence-corrected chi connectivity index (χ4v) is 2.66. The molecule has 0 aromatic heterocycles. The van der Waals surface area contributed by atoms with E-state index in [9.17, 15) is 0 Å². The summed E-state index contributed by atoms with van der Waals surface area (Å²) in [4.78, 5) is 0. The molecule has 2 rings (SSSR count). The van der Waals surface area contributed by atoms with E-state index in [1.807, 2.05) is 19.1 Å².